The third-order valence-electron chi connectivity index (χ3n) is 3.89. The number of likely N-dealkylation sites (tertiary alicyclic amines) is 1. The molecule has 2 heterocycles. The van der Waals surface area contributed by atoms with Crippen molar-refractivity contribution in [1.82, 2.24) is 15.2 Å². The largest absolute Gasteiger partial charge is 0.397 e. The molecule has 1 aliphatic heterocycles. The van der Waals surface area contributed by atoms with Crippen LogP contribution in [0, 0.1) is 0 Å². The van der Waals surface area contributed by atoms with Crippen molar-refractivity contribution in [1.29, 1.82) is 0 Å². The van der Waals surface area contributed by atoms with Crippen molar-refractivity contribution in [3.05, 3.63) is 30.0 Å². The van der Waals surface area contributed by atoms with Crippen molar-refractivity contribution in [2.45, 2.75) is 18.9 Å². The van der Waals surface area contributed by atoms with Gasteiger partial charge in [-0.2, -0.15) is 0 Å². The van der Waals surface area contributed by atoms with Gasteiger partial charge >= 0.3 is 0 Å². The molecule has 0 radical (unpaired) electrons. The van der Waals surface area contributed by atoms with E-state index in [0.717, 1.165) is 10.9 Å². The zero-order chi connectivity index (χ0) is 15.0. The average Bonchev–Trinajstić information content (AvgIpc) is 2.89. The standard InChI is InChI=1S/C15H18N4O2/c1-19-8-10(5-6-13(19)20)17-15(21)12-7-9-3-2-4-11(16)14(9)18-12/h2-4,7,10,18H,5-6,8,16H2,1H3,(H,17,21). The summed E-state index contributed by atoms with van der Waals surface area (Å²) in [5, 5.41) is 3.87. The lowest BCUT2D eigenvalue weighted by molar-refractivity contribution is -0.132. The van der Waals surface area contributed by atoms with E-state index in [0.29, 0.717) is 30.8 Å². The molecular formula is C15H18N4O2. The maximum atomic E-state index is 12.3. The van der Waals surface area contributed by atoms with Crippen LogP contribution in [0.5, 0.6) is 0 Å². The number of nitrogens with one attached hydrogen (secondary N) is 2. The summed E-state index contributed by atoms with van der Waals surface area (Å²) in [4.78, 5) is 28.4. The van der Waals surface area contributed by atoms with Gasteiger partial charge in [0, 0.05) is 31.4 Å². The highest BCUT2D eigenvalue weighted by Crippen LogP contribution is 2.21. The predicted octanol–water partition coefficient (Wildman–Crippen LogP) is 1.10. The van der Waals surface area contributed by atoms with E-state index in [9.17, 15) is 9.59 Å². The highest BCUT2D eigenvalue weighted by Gasteiger charge is 2.24. The van der Waals surface area contributed by atoms with E-state index in [2.05, 4.69) is 10.3 Å². The maximum absolute atomic E-state index is 12.3. The fraction of sp³-hybridized carbons (Fsp3) is 0.333. The average molecular weight is 286 g/mol. The van der Waals surface area contributed by atoms with Gasteiger partial charge in [0.2, 0.25) is 5.91 Å². The lowest BCUT2D eigenvalue weighted by Gasteiger charge is -2.29. The number of aromatic amines is 1. The topological polar surface area (TPSA) is 91.2 Å². The number of amides is 2. The number of para-hydroxylation sites is 1. The van der Waals surface area contributed by atoms with Crippen LogP contribution in [0.4, 0.5) is 5.69 Å². The molecule has 1 unspecified atom stereocenters. The van der Waals surface area contributed by atoms with Gasteiger partial charge in [0.1, 0.15) is 5.69 Å². The zero-order valence-electron chi connectivity index (χ0n) is 11.8. The van der Waals surface area contributed by atoms with Gasteiger partial charge in [-0.3, -0.25) is 9.59 Å². The summed E-state index contributed by atoms with van der Waals surface area (Å²) in [6.07, 6.45) is 1.15. The Bertz CT molecular complexity index is 707. The molecule has 1 saturated heterocycles. The fourth-order valence-electron chi connectivity index (χ4n) is 2.70. The molecule has 1 fully saturated rings. The predicted molar refractivity (Wildman–Crippen MR) is 80.8 cm³/mol. The third-order valence-corrected chi connectivity index (χ3v) is 3.89. The van der Waals surface area contributed by atoms with Crippen LogP contribution in [0.1, 0.15) is 23.3 Å². The second kappa shape index (κ2) is 5.12. The van der Waals surface area contributed by atoms with Crippen molar-refractivity contribution in [3.63, 3.8) is 0 Å². The molecule has 6 nitrogen and oxygen atoms in total. The van der Waals surface area contributed by atoms with Gasteiger partial charge in [-0.15, -0.1) is 0 Å². The summed E-state index contributed by atoms with van der Waals surface area (Å²) >= 11 is 0. The number of nitrogens with two attached hydrogens (primary N) is 1. The van der Waals surface area contributed by atoms with Gasteiger partial charge in [0.15, 0.2) is 0 Å². The Balaban J connectivity index is 1.75. The minimum Gasteiger partial charge on any atom is -0.397 e. The van der Waals surface area contributed by atoms with E-state index < -0.39 is 0 Å². The first-order valence-corrected chi connectivity index (χ1v) is 6.96. The van der Waals surface area contributed by atoms with Crippen LogP contribution in [0.2, 0.25) is 0 Å². The van der Waals surface area contributed by atoms with Crippen molar-refractivity contribution in [2.24, 2.45) is 0 Å². The molecule has 4 N–H and O–H groups in total. The number of likely N-dealkylation sites (N-methyl/N-ethyl adjacent to an activating group) is 1. The third kappa shape index (κ3) is 2.56. The summed E-state index contributed by atoms with van der Waals surface area (Å²) < 4.78 is 0. The molecule has 21 heavy (non-hydrogen) atoms. The molecule has 0 bridgehead atoms. The quantitative estimate of drug-likeness (QED) is 0.722. The minimum absolute atomic E-state index is 0.0102. The molecule has 0 spiro atoms. The number of carbonyl (C=O) groups is 2. The molecule has 1 aromatic heterocycles. The first kappa shape index (κ1) is 13.5. The van der Waals surface area contributed by atoms with Gasteiger partial charge in [0.05, 0.1) is 11.2 Å². The molecule has 2 aromatic rings. The van der Waals surface area contributed by atoms with Gasteiger partial charge < -0.3 is 20.9 Å². The molecule has 110 valence electrons. The van der Waals surface area contributed by atoms with Crippen LogP contribution in [-0.2, 0) is 4.79 Å². The molecule has 1 aromatic carbocycles. The number of H-pyrrole nitrogens is 1. The van der Waals surface area contributed by atoms with Crippen LogP contribution in [0.15, 0.2) is 24.3 Å². The smallest absolute Gasteiger partial charge is 0.268 e. The molecular weight excluding hydrogens is 268 g/mol. The van der Waals surface area contributed by atoms with E-state index in [4.69, 9.17) is 5.73 Å². The van der Waals surface area contributed by atoms with Gasteiger partial charge in [0.25, 0.3) is 5.91 Å². The summed E-state index contributed by atoms with van der Waals surface area (Å²) in [5.41, 5.74) is 7.77. The number of rotatable bonds is 2. The normalized spacial score (nSPS) is 19.0. The Labute approximate surface area is 122 Å². The Hall–Kier alpha value is -2.50. The molecule has 3 rings (SSSR count). The van der Waals surface area contributed by atoms with E-state index in [1.165, 1.54) is 0 Å². The molecule has 1 aliphatic rings. The van der Waals surface area contributed by atoms with E-state index >= 15 is 0 Å². The molecule has 2 amide bonds. The lowest BCUT2D eigenvalue weighted by Crippen LogP contribution is -2.48. The summed E-state index contributed by atoms with van der Waals surface area (Å²) in [5.74, 6) is -0.0442. The number of nitrogen functional groups attached to an aromatic ring is 1. The lowest BCUT2D eigenvalue weighted by atomic mass is 10.1. The monoisotopic (exact) mass is 286 g/mol. The molecule has 6 heteroatoms. The van der Waals surface area contributed by atoms with Crippen LogP contribution >= 0.6 is 0 Å². The fourth-order valence-corrected chi connectivity index (χ4v) is 2.70. The second-order valence-electron chi connectivity index (χ2n) is 5.48. The van der Waals surface area contributed by atoms with Crippen molar-refractivity contribution >= 4 is 28.4 Å². The Morgan fingerprint density at radius 3 is 3.00 bits per heavy atom. The number of benzene rings is 1. The summed E-state index contributed by atoms with van der Waals surface area (Å²) in [6, 6.07) is 7.34. The number of anilines is 1. The van der Waals surface area contributed by atoms with Crippen molar-refractivity contribution in [2.75, 3.05) is 19.3 Å². The van der Waals surface area contributed by atoms with E-state index in [1.54, 1.807) is 24.1 Å². The van der Waals surface area contributed by atoms with Gasteiger partial charge in [-0.25, -0.2) is 0 Å². The van der Waals surface area contributed by atoms with Gasteiger partial charge in [-0.1, -0.05) is 12.1 Å². The Kier molecular flexibility index (Phi) is 3.29. The van der Waals surface area contributed by atoms with Crippen LogP contribution in [-0.4, -0.2) is 41.3 Å². The molecule has 0 aliphatic carbocycles. The second-order valence-corrected chi connectivity index (χ2v) is 5.48. The first-order chi connectivity index (χ1) is 10.0. The highest BCUT2D eigenvalue weighted by molar-refractivity contribution is 6.01. The number of nitrogens with zero attached hydrogens (tertiary/aromatic N) is 1. The Morgan fingerprint density at radius 2 is 2.29 bits per heavy atom. The van der Waals surface area contributed by atoms with Gasteiger partial charge in [-0.05, 0) is 18.6 Å². The number of carbonyl (C=O) groups excluding carboxylic acids is 2. The molecule has 0 saturated carbocycles. The first-order valence-electron chi connectivity index (χ1n) is 6.96. The van der Waals surface area contributed by atoms with Crippen molar-refractivity contribution in [3.8, 4) is 0 Å². The SMILES string of the molecule is CN1CC(NC(=O)c2cc3cccc(N)c3[nH]2)CCC1=O. The number of hydrogen-bond acceptors (Lipinski definition) is 3. The number of aromatic nitrogens is 1. The summed E-state index contributed by atoms with van der Waals surface area (Å²) in [7, 11) is 1.75. The summed E-state index contributed by atoms with van der Waals surface area (Å²) in [6.45, 7) is 0.549. The van der Waals surface area contributed by atoms with E-state index in [-0.39, 0.29) is 17.9 Å². The minimum atomic E-state index is -0.168. The Morgan fingerprint density at radius 1 is 1.48 bits per heavy atom. The zero-order valence-corrected chi connectivity index (χ0v) is 11.8. The maximum Gasteiger partial charge on any atom is 0.268 e. The number of fused-ring (bicyclic) bond motifs is 1. The number of hydrogen-bond donors (Lipinski definition) is 3. The van der Waals surface area contributed by atoms with Crippen LogP contribution < -0.4 is 11.1 Å². The highest BCUT2D eigenvalue weighted by atomic mass is 16.2. The van der Waals surface area contributed by atoms with E-state index in [1.807, 2.05) is 12.1 Å². The van der Waals surface area contributed by atoms with Crippen molar-refractivity contribution < 1.29 is 9.59 Å². The van der Waals surface area contributed by atoms with Crippen LogP contribution in [0.3, 0.4) is 0 Å². The molecule has 1 atom stereocenters. The number of piperidine rings is 1. The van der Waals surface area contributed by atoms with Crippen LogP contribution in [0.25, 0.3) is 10.9 Å².